The van der Waals surface area contributed by atoms with Gasteiger partial charge < -0.3 is 20.4 Å². The molecule has 6 nitrogen and oxygen atoms in total. The van der Waals surface area contributed by atoms with E-state index in [0.717, 1.165) is 6.42 Å². The number of hydrogen-bond donors (Lipinski definition) is 2. The standard InChI is InChI=1S/C14H21N3O3/c1-9-6-11(7-15)8-17(9)14(19)10(2)16-13(18)12-4-3-5-20-12/h3-5,9-11H,6-8,15H2,1-2H3,(H,16,18). The number of hydrogen-bond acceptors (Lipinski definition) is 4. The predicted molar refractivity (Wildman–Crippen MR) is 74.0 cm³/mol. The summed E-state index contributed by atoms with van der Waals surface area (Å²) >= 11 is 0. The monoisotopic (exact) mass is 279 g/mol. The smallest absolute Gasteiger partial charge is 0.287 e. The fourth-order valence-electron chi connectivity index (χ4n) is 2.61. The van der Waals surface area contributed by atoms with Crippen LogP contribution in [0, 0.1) is 5.92 Å². The maximum Gasteiger partial charge on any atom is 0.287 e. The fourth-order valence-corrected chi connectivity index (χ4v) is 2.61. The van der Waals surface area contributed by atoms with Crippen LogP contribution in [0.2, 0.25) is 0 Å². The molecule has 3 unspecified atom stereocenters. The SMILES string of the molecule is CC(NC(=O)c1ccco1)C(=O)N1CC(CN)CC1C. The van der Waals surface area contributed by atoms with Crippen LogP contribution in [0.5, 0.6) is 0 Å². The van der Waals surface area contributed by atoms with Crippen LogP contribution in [-0.2, 0) is 4.79 Å². The molecule has 2 amide bonds. The molecule has 6 heteroatoms. The van der Waals surface area contributed by atoms with Gasteiger partial charge in [-0.05, 0) is 44.9 Å². The van der Waals surface area contributed by atoms with Gasteiger partial charge in [-0.3, -0.25) is 9.59 Å². The van der Waals surface area contributed by atoms with E-state index < -0.39 is 6.04 Å². The van der Waals surface area contributed by atoms with Gasteiger partial charge >= 0.3 is 0 Å². The quantitative estimate of drug-likeness (QED) is 0.844. The van der Waals surface area contributed by atoms with E-state index in [0.29, 0.717) is 19.0 Å². The summed E-state index contributed by atoms with van der Waals surface area (Å²) in [5, 5.41) is 2.66. The Labute approximate surface area is 118 Å². The van der Waals surface area contributed by atoms with Gasteiger partial charge in [-0.25, -0.2) is 0 Å². The summed E-state index contributed by atoms with van der Waals surface area (Å²) in [4.78, 5) is 26.0. The zero-order valence-electron chi connectivity index (χ0n) is 11.8. The zero-order valence-corrected chi connectivity index (χ0v) is 11.8. The second kappa shape index (κ2) is 6.09. The Morgan fingerprint density at radius 2 is 2.35 bits per heavy atom. The first-order chi connectivity index (χ1) is 9.52. The predicted octanol–water partition coefficient (Wildman–Crippen LogP) is 0.594. The Hall–Kier alpha value is -1.82. The first-order valence-corrected chi connectivity index (χ1v) is 6.87. The zero-order chi connectivity index (χ0) is 14.7. The lowest BCUT2D eigenvalue weighted by atomic mass is 10.1. The molecule has 0 spiro atoms. The van der Waals surface area contributed by atoms with Gasteiger partial charge in [0.15, 0.2) is 5.76 Å². The molecule has 1 saturated heterocycles. The summed E-state index contributed by atoms with van der Waals surface area (Å²) in [5.74, 6) is 0.104. The molecule has 1 aliphatic rings. The fraction of sp³-hybridized carbons (Fsp3) is 0.571. The molecule has 2 rings (SSSR count). The molecule has 3 N–H and O–H groups in total. The third kappa shape index (κ3) is 3.01. The average molecular weight is 279 g/mol. The van der Waals surface area contributed by atoms with Crippen molar-refractivity contribution < 1.29 is 14.0 Å². The molecule has 2 heterocycles. The number of carbonyl (C=O) groups excluding carboxylic acids is 2. The summed E-state index contributed by atoms with van der Waals surface area (Å²) in [6.07, 6.45) is 2.34. The number of amides is 2. The summed E-state index contributed by atoms with van der Waals surface area (Å²) < 4.78 is 5.00. The highest BCUT2D eigenvalue weighted by atomic mass is 16.3. The van der Waals surface area contributed by atoms with Gasteiger partial charge in [0.2, 0.25) is 5.91 Å². The molecular weight excluding hydrogens is 258 g/mol. The average Bonchev–Trinajstić information content (AvgIpc) is 3.06. The van der Waals surface area contributed by atoms with Crippen molar-refractivity contribution in [2.75, 3.05) is 13.1 Å². The van der Waals surface area contributed by atoms with E-state index in [1.165, 1.54) is 6.26 Å². The van der Waals surface area contributed by atoms with E-state index in [1.54, 1.807) is 24.0 Å². The number of nitrogens with two attached hydrogens (primary N) is 1. The molecule has 0 aromatic carbocycles. The van der Waals surface area contributed by atoms with E-state index in [2.05, 4.69) is 5.32 Å². The Morgan fingerprint density at radius 3 is 2.90 bits per heavy atom. The van der Waals surface area contributed by atoms with Crippen LogP contribution in [0.15, 0.2) is 22.8 Å². The topological polar surface area (TPSA) is 88.6 Å². The molecule has 3 atom stereocenters. The maximum absolute atomic E-state index is 12.4. The van der Waals surface area contributed by atoms with Crippen LogP contribution in [0.3, 0.4) is 0 Å². The Kier molecular flexibility index (Phi) is 4.44. The van der Waals surface area contributed by atoms with Crippen molar-refractivity contribution in [3.63, 3.8) is 0 Å². The van der Waals surface area contributed by atoms with Crippen LogP contribution in [0.4, 0.5) is 0 Å². The second-order valence-electron chi connectivity index (χ2n) is 5.35. The van der Waals surface area contributed by atoms with Crippen molar-refractivity contribution in [3.05, 3.63) is 24.2 Å². The summed E-state index contributed by atoms with van der Waals surface area (Å²) in [7, 11) is 0. The van der Waals surface area contributed by atoms with Crippen LogP contribution in [0.1, 0.15) is 30.8 Å². The normalized spacial score (nSPS) is 23.6. The molecular formula is C14H21N3O3. The Morgan fingerprint density at radius 1 is 1.60 bits per heavy atom. The van der Waals surface area contributed by atoms with E-state index in [9.17, 15) is 9.59 Å². The van der Waals surface area contributed by atoms with Crippen molar-refractivity contribution in [2.24, 2.45) is 11.7 Å². The van der Waals surface area contributed by atoms with Gasteiger partial charge in [0.1, 0.15) is 6.04 Å². The van der Waals surface area contributed by atoms with Crippen LogP contribution in [0.25, 0.3) is 0 Å². The number of nitrogens with one attached hydrogen (secondary N) is 1. The molecule has 110 valence electrons. The minimum atomic E-state index is -0.577. The van der Waals surface area contributed by atoms with Gasteiger partial charge in [0.25, 0.3) is 5.91 Å². The van der Waals surface area contributed by atoms with E-state index in [-0.39, 0.29) is 23.6 Å². The van der Waals surface area contributed by atoms with Crippen molar-refractivity contribution >= 4 is 11.8 Å². The lowest BCUT2D eigenvalue weighted by Crippen LogP contribution is -2.48. The molecule has 0 aliphatic carbocycles. The Bertz CT molecular complexity index is 472. The van der Waals surface area contributed by atoms with Crippen LogP contribution >= 0.6 is 0 Å². The second-order valence-corrected chi connectivity index (χ2v) is 5.35. The summed E-state index contributed by atoms with van der Waals surface area (Å²) in [6.45, 7) is 4.94. The molecule has 0 radical (unpaired) electrons. The lowest BCUT2D eigenvalue weighted by Gasteiger charge is -2.25. The van der Waals surface area contributed by atoms with Gasteiger partial charge in [0, 0.05) is 12.6 Å². The minimum absolute atomic E-state index is 0.0756. The van der Waals surface area contributed by atoms with Crippen molar-refractivity contribution in [1.29, 1.82) is 0 Å². The number of carbonyl (C=O) groups is 2. The van der Waals surface area contributed by atoms with Gasteiger partial charge in [-0.15, -0.1) is 0 Å². The first kappa shape index (κ1) is 14.6. The first-order valence-electron chi connectivity index (χ1n) is 6.87. The largest absolute Gasteiger partial charge is 0.459 e. The third-order valence-corrected chi connectivity index (χ3v) is 3.74. The molecule has 0 bridgehead atoms. The van der Waals surface area contributed by atoms with Crippen LogP contribution < -0.4 is 11.1 Å². The highest BCUT2D eigenvalue weighted by molar-refractivity contribution is 5.95. The number of furan rings is 1. The van der Waals surface area contributed by atoms with Crippen LogP contribution in [-0.4, -0.2) is 41.9 Å². The highest BCUT2D eigenvalue weighted by Gasteiger charge is 2.34. The highest BCUT2D eigenvalue weighted by Crippen LogP contribution is 2.22. The van der Waals surface area contributed by atoms with Crippen molar-refractivity contribution in [2.45, 2.75) is 32.4 Å². The Balaban J connectivity index is 1.94. The van der Waals surface area contributed by atoms with Gasteiger partial charge in [-0.1, -0.05) is 0 Å². The number of likely N-dealkylation sites (tertiary alicyclic amines) is 1. The van der Waals surface area contributed by atoms with Crippen molar-refractivity contribution in [1.82, 2.24) is 10.2 Å². The van der Waals surface area contributed by atoms with E-state index in [1.807, 2.05) is 6.92 Å². The molecule has 1 fully saturated rings. The van der Waals surface area contributed by atoms with Crippen molar-refractivity contribution in [3.8, 4) is 0 Å². The summed E-state index contributed by atoms with van der Waals surface area (Å²) in [5.41, 5.74) is 5.66. The number of nitrogens with zero attached hydrogens (tertiary/aromatic N) is 1. The molecule has 0 saturated carbocycles. The molecule has 1 aromatic rings. The number of rotatable bonds is 4. The minimum Gasteiger partial charge on any atom is -0.459 e. The van der Waals surface area contributed by atoms with E-state index in [4.69, 9.17) is 10.2 Å². The molecule has 1 aliphatic heterocycles. The molecule has 1 aromatic heterocycles. The maximum atomic E-state index is 12.4. The summed E-state index contributed by atoms with van der Waals surface area (Å²) in [6, 6.07) is 2.79. The van der Waals surface area contributed by atoms with Gasteiger partial charge in [-0.2, -0.15) is 0 Å². The molecule has 20 heavy (non-hydrogen) atoms. The lowest BCUT2D eigenvalue weighted by molar-refractivity contribution is -0.133. The van der Waals surface area contributed by atoms with Gasteiger partial charge in [0.05, 0.1) is 6.26 Å². The third-order valence-electron chi connectivity index (χ3n) is 3.74. The van der Waals surface area contributed by atoms with E-state index >= 15 is 0 Å².